The van der Waals surface area contributed by atoms with Gasteiger partial charge in [-0.3, -0.25) is 14.5 Å². The van der Waals surface area contributed by atoms with Crippen LogP contribution in [0.3, 0.4) is 0 Å². The summed E-state index contributed by atoms with van der Waals surface area (Å²) in [5.74, 6) is -0.381. The quantitative estimate of drug-likeness (QED) is 0.571. The van der Waals surface area contributed by atoms with Crippen molar-refractivity contribution in [2.24, 2.45) is 11.8 Å². The summed E-state index contributed by atoms with van der Waals surface area (Å²) in [7, 11) is 0. The number of para-hydroxylation sites is 1. The van der Waals surface area contributed by atoms with Crippen LogP contribution in [0.1, 0.15) is 26.7 Å². The lowest BCUT2D eigenvalue weighted by atomic mass is 9.78. The second-order valence-electron chi connectivity index (χ2n) is 5.53. The van der Waals surface area contributed by atoms with E-state index in [4.69, 9.17) is 0 Å². The molecule has 0 bridgehead atoms. The summed E-state index contributed by atoms with van der Waals surface area (Å²) >= 11 is 0. The minimum Gasteiger partial charge on any atom is -0.274 e. The third-order valence-corrected chi connectivity index (χ3v) is 4.36. The molecule has 0 spiro atoms. The van der Waals surface area contributed by atoms with Crippen molar-refractivity contribution >= 4 is 17.5 Å². The molecule has 0 saturated carbocycles. The molecule has 0 aromatic heterocycles. The molecule has 2 aliphatic rings. The van der Waals surface area contributed by atoms with Gasteiger partial charge in [0.25, 0.3) is 0 Å². The molecule has 1 aliphatic heterocycles. The van der Waals surface area contributed by atoms with E-state index in [1.165, 1.54) is 16.0 Å². The fourth-order valence-electron chi connectivity index (χ4n) is 3.08. The van der Waals surface area contributed by atoms with Crippen LogP contribution in [0.4, 0.5) is 5.69 Å². The Morgan fingerprint density at radius 3 is 1.84 bits per heavy atom. The van der Waals surface area contributed by atoms with Crippen molar-refractivity contribution in [1.29, 1.82) is 0 Å². The first-order chi connectivity index (χ1) is 9.09. The fourth-order valence-corrected chi connectivity index (χ4v) is 3.08. The molecule has 0 unspecified atom stereocenters. The highest BCUT2D eigenvalue weighted by molar-refractivity contribution is 6.22. The molecule has 1 aromatic rings. The SMILES string of the molecule is CC1=C(C)C[C@@H]2C(=O)N(c3ccccc3)C(=O)[C@H]2C1. The standard InChI is InChI=1S/C16H17NO2/c1-10-8-13-14(9-11(10)2)16(19)17(15(13)18)12-6-4-3-5-7-12/h3-7,13-14H,8-9H2,1-2H3/t13-,14-/m0/s1. The topological polar surface area (TPSA) is 37.4 Å². The molecule has 1 heterocycles. The minimum atomic E-state index is -0.156. The van der Waals surface area contributed by atoms with Gasteiger partial charge in [-0.1, -0.05) is 29.3 Å². The van der Waals surface area contributed by atoms with E-state index in [0.29, 0.717) is 5.69 Å². The molecule has 1 fully saturated rings. The first kappa shape index (κ1) is 12.2. The van der Waals surface area contributed by atoms with Crippen LogP contribution < -0.4 is 4.90 Å². The zero-order valence-electron chi connectivity index (χ0n) is 11.2. The van der Waals surface area contributed by atoms with E-state index in [2.05, 4.69) is 13.8 Å². The third-order valence-electron chi connectivity index (χ3n) is 4.36. The number of allylic oxidation sites excluding steroid dienone is 2. The van der Waals surface area contributed by atoms with Gasteiger partial charge in [-0.05, 0) is 38.8 Å². The number of carbonyl (C=O) groups excluding carboxylic acids is 2. The number of carbonyl (C=O) groups is 2. The molecule has 98 valence electrons. The summed E-state index contributed by atoms with van der Waals surface area (Å²) in [6.07, 6.45) is 1.45. The first-order valence-electron chi connectivity index (χ1n) is 6.67. The lowest BCUT2D eigenvalue weighted by molar-refractivity contribution is -0.122. The number of rotatable bonds is 1. The van der Waals surface area contributed by atoms with Crippen LogP contribution in [0, 0.1) is 11.8 Å². The van der Waals surface area contributed by atoms with E-state index in [-0.39, 0.29) is 23.7 Å². The van der Waals surface area contributed by atoms with Crippen molar-refractivity contribution < 1.29 is 9.59 Å². The number of benzene rings is 1. The average molecular weight is 255 g/mol. The van der Waals surface area contributed by atoms with Gasteiger partial charge in [0.1, 0.15) is 0 Å². The smallest absolute Gasteiger partial charge is 0.238 e. The summed E-state index contributed by atoms with van der Waals surface area (Å²) in [6.45, 7) is 4.13. The number of amides is 2. The largest absolute Gasteiger partial charge is 0.274 e. The van der Waals surface area contributed by atoms with Crippen LogP contribution in [0.5, 0.6) is 0 Å². The highest BCUT2D eigenvalue weighted by Crippen LogP contribution is 2.42. The summed E-state index contributed by atoms with van der Waals surface area (Å²) in [6, 6.07) is 9.23. The predicted octanol–water partition coefficient (Wildman–Crippen LogP) is 2.92. The van der Waals surface area contributed by atoms with E-state index in [9.17, 15) is 9.59 Å². The van der Waals surface area contributed by atoms with Crippen LogP contribution in [-0.4, -0.2) is 11.8 Å². The van der Waals surface area contributed by atoms with Gasteiger partial charge in [-0.25, -0.2) is 0 Å². The van der Waals surface area contributed by atoms with Crippen LogP contribution in [0.2, 0.25) is 0 Å². The van der Waals surface area contributed by atoms with E-state index in [0.717, 1.165) is 12.8 Å². The molecule has 1 aromatic carbocycles. The molecule has 1 aliphatic carbocycles. The van der Waals surface area contributed by atoms with Gasteiger partial charge in [-0.15, -0.1) is 0 Å². The van der Waals surface area contributed by atoms with Crippen molar-refractivity contribution in [3.05, 3.63) is 41.5 Å². The molecule has 3 nitrogen and oxygen atoms in total. The average Bonchev–Trinajstić information content (AvgIpc) is 2.64. The van der Waals surface area contributed by atoms with Gasteiger partial charge < -0.3 is 0 Å². The molecule has 2 atom stereocenters. The van der Waals surface area contributed by atoms with Gasteiger partial charge >= 0.3 is 0 Å². The Bertz CT molecular complexity index is 542. The Kier molecular flexibility index (Phi) is 2.77. The van der Waals surface area contributed by atoms with Crippen molar-refractivity contribution in [1.82, 2.24) is 0 Å². The maximum Gasteiger partial charge on any atom is 0.238 e. The number of nitrogens with zero attached hydrogens (tertiary/aromatic N) is 1. The van der Waals surface area contributed by atoms with Crippen LogP contribution >= 0.6 is 0 Å². The van der Waals surface area contributed by atoms with Gasteiger partial charge in [0, 0.05) is 0 Å². The van der Waals surface area contributed by atoms with Crippen molar-refractivity contribution in [2.45, 2.75) is 26.7 Å². The first-order valence-corrected chi connectivity index (χ1v) is 6.67. The summed E-state index contributed by atoms with van der Waals surface area (Å²) < 4.78 is 0. The predicted molar refractivity (Wildman–Crippen MR) is 73.5 cm³/mol. The van der Waals surface area contributed by atoms with Gasteiger partial charge in [0.2, 0.25) is 11.8 Å². The maximum absolute atomic E-state index is 12.5. The zero-order chi connectivity index (χ0) is 13.6. The summed E-state index contributed by atoms with van der Waals surface area (Å²) in [5, 5.41) is 0. The summed E-state index contributed by atoms with van der Waals surface area (Å²) in [4.78, 5) is 26.3. The Morgan fingerprint density at radius 2 is 1.37 bits per heavy atom. The Balaban J connectivity index is 1.97. The zero-order valence-corrected chi connectivity index (χ0v) is 11.2. The Morgan fingerprint density at radius 1 is 0.895 bits per heavy atom. The van der Waals surface area contributed by atoms with Crippen molar-refractivity contribution in [2.75, 3.05) is 4.90 Å². The summed E-state index contributed by atoms with van der Waals surface area (Å²) in [5.41, 5.74) is 3.22. The number of anilines is 1. The Labute approximate surface area is 112 Å². The van der Waals surface area contributed by atoms with Crippen molar-refractivity contribution in [3.8, 4) is 0 Å². The lowest BCUT2D eigenvalue weighted by Gasteiger charge is -2.23. The van der Waals surface area contributed by atoms with Crippen LogP contribution in [-0.2, 0) is 9.59 Å². The molecular formula is C16H17NO2. The number of hydrogen-bond donors (Lipinski definition) is 0. The number of hydrogen-bond acceptors (Lipinski definition) is 2. The number of imide groups is 1. The molecule has 19 heavy (non-hydrogen) atoms. The lowest BCUT2D eigenvalue weighted by Crippen LogP contribution is -2.30. The third kappa shape index (κ3) is 1.81. The highest BCUT2D eigenvalue weighted by Gasteiger charge is 2.49. The van der Waals surface area contributed by atoms with Crippen LogP contribution in [0.25, 0.3) is 0 Å². The minimum absolute atomic E-state index is 0.0342. The fraction of sp³-hybridized carbons (Fsp3) is 0.375. The number of fused-ring (bicyclic) bond motifs is 1. The molecular weight excluding hydrogens is 238 g/mol. The normalized spacial score (nSPS) is 26.9. The molecule has 1 saturated heterocycles. The Hall–Kier alpha value is -1.90. The van der Waals surface area contributed by atoms with Gasteiger partial charge in [-0.2, -0.15) is 0 Å². The maximum atomic E-state index is 12.5. The van der Waals surface area contributed by atoms with E-state index in [1.807, 2.05) is 30.3 Å². The molecule has 0 N–H and O–H groups in total. The van der Waals surface area contributed by atoms with E-state index < -0.39 is 0 Å². The second-order valence-corrected chi connectivity index (χ2v) is 5.53. The molecule has 3 heteroatoms. The molecule has 0 radical (unpaired) electrons. The monoisotopic (exact) mass is 255 g/mol. The van der Waals surface area contributed by atoms with E-state index in [1.54, 1.807) is 0 Å². The van der Waals surface area contributed by atoms with E-state index >= 15 is 0 Å². The second kappa shape index (κ2) is 4.34. The molecule has 3 rings (SSSR count). The van der Waals surface area contributed by atoms with Crippen LogP contribution in [0.15, 0.2) is 41.5 Å². The van der Waals surface area contributed by atoms with Gasteiger partial charge in [0.05, 0.1) is 17.5 Å². The van der Waals surface area contributed by atoms with Crippen molar-refractivity contribution in [3.63, 3.8) is 0 Å². The van der Waals surface area contributed by atoms with Gasteiger partial charge in [0.15, 0.2) is 0 Å². The highest BCUT2D eigenvalue weighted by atomic mass is 16.2. The molecule has 2 amide bonds.